The third kappa shape index (κ3) is 5.93. The second kappa shape index (κ2) is 9.54. The van der Waals surface area contributed by atoms with E-state index in [4.69, 9.17) is 0 Å². The van der Waals surface area contributed by atoms with Crippen molar-refractivity contribution in [1.82, 2.24) is 9.97 Å². The van der Waals surface area contributed by atoms with E-state index in [-0.39, 0.29) is 6.03 Å². The molecule has 0 radical (unpaired) electrons. The van der Waals surface area contributed by atoms with Crippen LogP contribution in [-0.2, 0) is 6.42 Å². The minimum atomic E-state index is -0.281. The molecule has 0 aliphatic heterocycles. The highest BCUT2D eigenvalue weighted by Crippen LogP contribution is 2.19. The number of amides is 2. The first-order valence-corrected chi connectivity index (χ1v) is 9.69. The molecule has 4 N–H and O–H groups in total. The molecule has 0 aliphatic rings. The summed E-state index contributed by atoms with van der Waals surface area (Å²) < 4.78 is 0. The molecule has 0 unspecified atom stereocenters. The second-order valence-corrected chi connectivity index (χ2v) is 6.58. The molecule has 2 amide bonds. The highest BCUT2D eigenvalue weighted by molar-refractivity contribution is 5.99. The lowest BCUT2D eigenvalue weighted by Gasteiger charge is -2.11. The van der Waals surface area contributed by atoms with Crippen LogP contribution in [0.2, 0.25) is 0 Å². The van der Waals surface area contributed by atoms with Crippen LogP contribution in [0.15, 0.2) is 54.6 Å². The molecular formula is C22H26N6O. The van der Waals surface area contributed by atoms with Gasteiger partial charge in [-0.25, -0.2) is 9.78 Å². The maximum atomic E-state index is 12.2. The summed E-state index contributed by atoms with van der Waals surface area (Å²) in [6.45, 7) is 6.78. The molecule has 7 heteroatoms. The first kappa shape index (κ1) is 20.1. The lowest BCUT2D eigenvalue weighted by Crippen LogP contribution is -2.19. The Bertz CT molecular complexity index is 954. The largest absolute Gasteiger partial charge is 0.354 e. The lowest BCUT2D eigenvalue weighted by atomic mass is 10.1. The minimum absolute atomic E-state index is 0.281. The number of hydrogen-bond acceptors (Lipinski definition) is 5. The van der Waals surface area contributed by atoms with Crippen molar-refractivity contribution in [3.63, 3.8) is 0 Å². The Morgan fingerprint density at radius 1 is 0.862 bits per heavy atom. The molecule has 0 aliphatic carbocycles. The van der Waals surface area contributed by atoms with E-state index in [2.05, 4.69) is 38.2 Å². The van der Waals surface area contributed by atoms with Crippen molar-refractivity contribution in [2.24, 2.45) is 0 Å². The Labute approximate surface area is 171 Å². The maximum Gasteiger partial charge on any atom is 0.323 e. The lowest BCUT2D eigenvalue weighted by molar-refractivity contribution is 0.262. The highest BCUT2D eigenvalue weighted by atomic mass is 16.2. The molecule has 2 aromatic carbocycles. The van der Waals surface area contributed by atoms with Crippen LogP contribution >= 0.6 is 0 Å². The van der Waals surface area contributed by atoms with Gasteiger partial charge in [-0.3, -0.25) is 0 Å². The predicted molar refractivity (Wildman–Crippen MR) is 119 cm³/mol. The highest BCUT2D eigenvalue weighted by Gasteiger charge is 2.05. The van der Waals surface area contributed by atoms with E-state index in [1.54, 1.807) is 0 Å². The Balaban J connectivity index is 1.59. The third-order valence-corrected chi connectivity index (χ3v) is 4.22. The fourth-order valence-electron chi connectivity index (χ4n) is 2.77. The zero-order chi connectivity index (χ0) is 20.6. The molecule has 0 fully saturated rings. The predicted octanol–water partition coefficient (Wildman–Crippen LogP) is 5.17. The summed E-state index contributed by atoms with van der Waals surface area (Å²) in [5.74, 6) is 1.30. The molecule has 0 saturated carbocycles. The molecule has 0 bridgehead atoms. The number of benzene rings is 2. The van der Waals surface area contributed by atoms with Crippen molar-refractivity contribution in [1.29, 1.82) is 0 Å². The van der Waals surface area contributed by atoms with Crippen LogP contribution in [-0.4, -0.2) is 22.5 Å². The normalized spacial score (nSPS) is 10.3. The molecule has 1 aromatic heterocycles. The first-order valence-electron chi connectivity index (χ1n) is 9.69. The zero-order valence-electron chi connectivity index (χ0n) is 16.9. The van der Waals surface area contributed by atoms with Gasteiger partial charge in [0.15, 0.2) is 0 Å². The smallest absolute Gasteiger partial charge is 0.323 e. The van der Waals surface area contributed by atoms with Crippen molar-refractivity contribution in [2.45, 2.75) is 27.2 Å². The number of aryl methyl sites for hydroxylation is 2. The van der Waals surface area contributed by atoms with Gasteiger partial charge in [0.05, 0.1) is 0 Å². The summed E-state index contributed by atoms with van der Waals surface area (Å²) in [5, 5.41) is 12.0. The number of carbonyl (C=O) groups is 1. The summed E-state index contributed by atoms with van der Waals surface area (Å²) in [6.07, 6.45) is 0.970. The summed E-state index contributed by atoms with van der Waals surface area (Å²) in [6, 6.07) is 16.8. The number of aromatic nitrogens is 2. The standard InChI is InChI=1S/C22H26N6O/c1-4-16-6-8-18(9-7-16)26-22(29)27-19-12-10-17(11-13-19)25-20-14-15(3)24-21(28-20)23-5-2/h6-14H,4-5H2,1-3H3,(H2,26,27,29)(H2,23,24,25,28). The second-order valence-electron chi connectivity index (χ2n) is 6.58. The number of rotatable bonds is 7. The number of urea groups is 1. The summed E-state index contributed by atoms with van der Waals surface area (Å²) in [7, 11) is 0. The van der Waals surface area contributed by atoms with Crippen LogP contribution in [0.4, 0.5) is 33.6 Å². The quantitative estimate of drug-likeness (QED) is 0.447. The van der Waals surface area contributed by atoms with E-state index >= 15 is 0 Å². The Hall–Kier alpha value is -3.61. The first-order chi connectivity index (χ1) is 14.1. The van der Waals surface area contributed by atoms with Crippen molar-refractivity contribution in [2.75, 3.05) is 27.8 Å². The molecular weight excluding hydrogens is 364 g/mol. The SMILES string of the molecule is CCNc1nc(C)cc(Nc2ccc(NC(=O)Nc3ccc(CC)cc3)cc2)n1. The maximum absolute atomic E-state index is 12.2. The van der Waals surface area contributed by atoms with E-state index in [1.165, 1.54) is 5.56 Å². The zero-order valence-corrected chi connectivity index (χ0v) is 16.9. The van der Waals surface area contributed by atoms with Gasteiger partial charge >= 0.3 is 6.03 Å². The molecule has 150 valence electrons. The fraction of sp³-hybridized carbons (Fsp3) is 0.227. The average molecular weight is 390 g/mol. The molecule has 3 aromatic rings. The molecule has 0 saturated heterocycles. The van der Waals surface area contributed by atoms with E-state index in [0.717, 1.165) is 30.0 Å². The molecule has 1 heterocycles. The van der Waals surface area contributed by atoms with Crippen LogP contribution < -0.4 is 21.3 Å². The number of hydrogen-bond donors (Lipinski definition) is 4. The van der Waals surface area contributed by atoms with Gasteiger partial charge in [-0.2, -0.15) is 4.98 Å². The van der Waals surface area contributed by atoms with Crippen molar-refractivity contribution < 1.29 is 4.79 Å². The van der Waals surface area contributed by atoms with Crippen LogP contribution in [0, 0.1) is 6.92 Å². The topological polar surface area (TPSA) is 91.0 Å². The number of nitrogens with zero attached hydrogens (tertiary/aromatic N) is 2. The van der Waals surface area contributed by atoms with Crippen molar-refractivity contribution >= 4 is 34.9 Å². The van der Waals surface area contributed by atoms with Gasteiger partial charge in [0.2, 0.25) is 5.95 Å². The van der Waals surface area contributed by atoms with Gasteiger partial charge in [0.1, 0.15) is 5.82 Å². The monoisotopic (exact) mass is 390 g/mol. The van der Waals surface area contributed by atoms with Gasteiger partial charge in [-0.05, 0) is 62.2 Å². The molecule has 29 heavy (non-hydrogen) atoms. The van der Waals surface area contributed by atoms with Crippen LogP contribution in [0.3, 0.4) is 0 Å². The van der Waals surface area contributed by atoms with Gasteiger partial charge in [0.25, 0.3) is 0 Å². The van der Waals surface area contributed by atoms with E-state index in [1.807, 2.05) is 68.4 Å². The van der Waals surface area contributed by atoms with Crippen LogP contribution in [0.5, 0.6) is 0 Å². The molecule has 3 rings (SSSR count). The summed E-state index contributed by atoms with van der Waals surface area (Å²) >= 11 is 0. The number of anilines is 5. The van der Waals surface area contributed by atoms with E-state index in [9.17, 15) is 4.79 Å². The fourth-order valence-corrected chi connectivity index (χ4v) is 2.77. The number of nitrogens with one attached hydrogen (secondary N) is 4. The average Bonchev–Trinajstić information content (AvgIpc) is 2.70. The van der Waals surface area contributed by atoms with Crippen molar-refractivity contribution in [3.8, 4) is 0 Å². The number of carbonyl (C=O) groups excluding carboxylic acids is 1. The summed E-state index contributed by atoms with van der Waals surface area (Å²) in [4.78, 5) is 21.0. The third-order valence-electron chi connectivity index (χ3n) is 4.22. The van der Waals surface area contributed by atoms with Crippen LogP contribution in [0.1, 0.15) is 25.1 Å². The minimum Gasteiger partial charge on any atom is -0.354 e. The molecule has 7 nitrogen and oxygen atoms in total. The Morgan fingerprint density at radius 3 is 2.03 bits per heavy atom. The molecule has 0 spiro atoms. The molecule has 0 atom stereocenters. The van der Waals surface area contributed by atoms with Crippen LogP contribution in [0.25, 0.3) is 0 Å². The van der Waals surface area contributed by atoms with Gasteiger partial charge in [-0.1, -0.05) is 19.1 Å². The van der Waals surface area contributed by atoms with Gasteiger partial charge in [0, 0.05) is 35.4 Å². The Morgan fingerprint density at radius 2 is 1.45 bits per heavy atom. The Kier molecular flexibility index (Phi) is 6.63. The van der Waals surface area contributed by atoms with Gasteiger partial charge < -0.3 is 21.3 Å². The van der Waals surface area contributed by atoms with Gasteiger partial charge in [-0.15, -0.1) is 0 Å². The van der Waals surface area contributed by atoms with Crippen molar-refractivity contribution in [3.05, 3.63) is 65.9 Å². The summed E-state index contributed by atoms with van der Waals surface area (Å²) in [5.41, 5.74) is 4.43. The van der Waals surface area contributed by atoms with E-state index in [0.29, 0.717) is 17.5 Å². The van der Waals surface area contributed by atoms with E-state index < -0.39 is 0 Å².